The van der Waals surface area contributed by atoms with Crippen molar-refractivity contribution in [3.63, 3.8) is 0 Å². The minimum atomic E-state index is -0.477. The third kappa shape index (κ3) is 3.11. The maximum atomic E-state index is 12.1. The lowest BCUT2D eigenvalue weighted by atomic mass is 9.92. The molecule has 0 saturated heterocycles. The van der Waals surface area contributed by atoms with E-state index in [0.717, 1.165) is 17.5 Å². The lowest BCUT2D eigenvalue weighted by Gasteiger charge is -2.34. The summed E-state index contributed by atoms with van der Waals surface area (Å²) in [6, 6.07) is 15.4. The monoisotopic (exact) mass is 348 g/mol. The lowest BCUT2D eigenvalue weighted by Crippen LogP contribution is -2.42. The van der Waals surface area contributed by atoms with Gasteiger partial charge in [0.05, 0.1) is 6.54 Å². The van der Waals surface area contributed by atoms with E-state index in [4.69, 9.17) is 10.3 Å². The van der Waals surface area contributed by atoms with Crippen LogP contribution < -0.4 is 5.73 Å². The maximum absolute atomic E-state index is 12.1. The number of rotatable bonds is 4. The van der Waals surface area contributed by atoms with Gasteiger partial charge in [-0.3, -0.25) is 9.69 Å². The molecule has 2 heterocycles. The number of aromatic nitrogens is 2. The fraction of sp³-hybridized carbons (Fsp3) is 0.250. The average molecular weight is 348 g/mol. The number of amides is 1. The van der Waals surface area contributed by atoms with E-state index in [1.165, 1.54) is 11.1 Å². The summed E-state index contributed by atoms with van der Waals surface area (Å²) < 4.78 is 5.41. The van der Waals surface area contributed by atoms with Gasteiger partial charge in [0.15, 0.2) is 0 Å². The van der Waals surface area contributed by atoms with Crippen LogP contribution in [0.25, 0.3) is 11.4 Å². The fourth-order valence-corrected chi connectivity index (χ4v) is 3.43. The van der Waals surface area contributed by atoms with Crippen molar-refractivity contribution in [2.45, 2.75) is 25.9 Å². The van der Waals surface area contributed by atoms with Gasteiger partial charge in [0, 0.05) is 12.1 Å². The van der Waals surface area contributed by atoms with Gasteiger partial charge in [-0.25, -0.2) is 0 Å². The van der Waals surface area contributed by atoms with Crippen LogP contribution in [-0.4, -0.2) is 27.5 Å². The predicted octanol–water partition coefficient (Wildman–Crippen LogP) is 2.63. The van der Waals surface area contributed by atoms with Crippen molar-refractivity contribution in [2.75, 3.05) is 6.54 Å². The second-order valence-corrected chi connectivity index (χ2v) is 6.60. The van der Waals surface area contributed by atoms with Gasteiger partial charge in [0.25, 0.3) is 0 Å². The lowest BCUT2D eigenvalue weighted by molar-refractivity contribution is -0.124. The van der Waals surface area contributed by atoms with Gasteiger partial charge in [-0.2, -0.15) is 4.98 Å². The van der Waals surface area contributed by atoms with Crippen LogP contribution in [0.1, 0.15) is 28.6 Å². The van der Waals surface area contributed by atoms with E-state index < -0.39 is 6.04 Å². The number of carbonyl (C=O) groups is 1. The first kappa shape index (κ1) is 16.5. The van der Waals surface area contributed by atoms with Gasteiger partial charge in [-0.1, -0.05) is 59.3 Å². The molecule has 3 aromatic rings. The number of carbonyl (C=O) groups excluding carboxylic acids is 1. The fourth-order valence-electron chi connectivity index (χ4n) is 3.43. The molecule has 132 valence electrons. The third-order valence-electron chi connectivity index (χ3n) is 4.77. The Labute approximate surface area is 151 Å². The molecule has 26 heavy (non-hydrogen) atoms. The predicted molar refractivity (Wildman–Crippen MR) is 97.0 cm³/mol. The minimum Gasteiger partial charge on any atom is -0.368 e. The van der Waals surface area contributed by atoms with E-state index >= 15 is 0 Å². The second kappa shape index (κ2) is 6.72. The first-order valence-electron chi connectivity index (χ1n) is 8.62. The van der Waals surface area contributed by atoms with Crippen LogP contribution in [0.3, 0.4) is 0 Å². The molecule has 0 fully saturated rings. The number of nitrogens with two attached hydrogens (primary N) is 1. The smallest absolute Gasteiger partial charge is 0.241 e. The molecule has 2 aromatic carbocycles. The minimum absolute atomic E-state index is 0.365. The standard InChI is InChI=1S/C20H20N4O2/c1-13-6-8-15(9-7-13)20-22-17(26-23-20)12-24-11-10-14-4-2-3-5-16(14)18(24)19(21)25/h2-9,18H,10-12H2,1H3,(H2,21,25)/t18-/m1/s1. The zero-order valence-corrected chi connectivity index (χ0v) is 14.6. The molecule has 0 aliphatic carbocycles. The zero-order chi connectivity index (χ0) is 18.1. The first-order valence-corrected chi connectivity index (χ1v) is 8.62. The molecule has 0 radical (unpaired) electrons. The first-order chi connectivity index (χ1) is 12.6. The number of fused-ring (bicyclic) bond motifs is 1. The highest BCUT2D eigenvalue weighted by Gasteiger charge is 2.32. The summed E-state index contributed by atoms with van der Waals surface area (Å²) in [5.74, 6) is 0.662. The van der Waals surface area contributed by atoms with Crippen LogP contribution in [0.4, 0.5) is 0 Å². The van der Waals surface area contributed by atoms with Gasteiger partial charge >= 0.3 is 0 Å². The number of primary amides is 1. The van der Waals surface area contributed by atoms with Gasteiger partial charge in [0.2, 0.25) is 17.6 Å². The Bertz CT molecular complexity index is 933. The van der Waals surface area contributed by atoms with Gasteiger partial charge < -0.3 is 10.3 Å². The summed E-state index contributed by atoms with van der Waals surface area (Å²) in [6.45, 7) is 3.14. The van der Waals surface area contributed by atoms with E-state index in [2.05, 4.69) is 10.1 Å². The molecular weight excluding hydrogens is 328 g/mol. The summed E-state index contributed by atoms with van der Waals surface area (Å²) in [7, 11) is 0. The molecule has 6 heteroatoms. The molecule has 0 spiro atoms. The van der Waals surface area contributed by atoms with Crippen molar-refractivity contribution < 1.29 is 9.32 Å². The zero-order valence-electron chi connectivity index (χ0n) is 14.6. The van der Waals surface area contributed by atoms with Crippen molar-refractivity contribution in [3.05, 3.63) is 71.1 Å². The molecule has 0 unspecified atom stereocenters. The number of nitrogens with zero attached hydrogens (tertiary/aromatic N) is 3. The third-order valence-corrected chi connectivity index (χ3v) is 4.77. The van der Waals surface area contributed by atoms with Crippen LogP contribution >= 0.6 is 0 Å². The number of hydrogen-bond acceptors (Lipinski definition) is 5. The van der Waals surface area contributed by atoms with E-state index in [-0.39, 0.29) is 5.91 Å². The molecular formula is C20H20N4O2. The van der Waals surface area contributed by atoms with Crippen LogP contribution in [0.15, 0.2) is 53.1 Å². The Balaban J connectivity index is 1.57. The molecule has 4 rings (SSSR count). The maximum Gasteiger partial charge on any atom is 0.241 e. The molecule has 6 nitrogen and oxygen atoms in total. The summed E-state index contributed by atoms with van der Waals surface area (Å²) in [5.41, 5.74) is 9.90. The summed E-state index contributed by atoms with van der Waals surface area (Å²) in [5, 5.41) is 4.07. The SMILES string of the molecule is Cc1ccc(-c2noc(CN3CCc4ccccc4[C@@H]3C(N)=O)n2)cc1. The van der Waals surface area contributed by atoms with E-state index in [0.29, 0.717) is 24.8 Å². The Kier molecular flexibility index (Phi) is 4.26. The summed E-state index contributed by atoms with van der Waals surface area (Å²) in [4.78, 5) is 18.6. The normalized spacial score (nSPS) is 17.0. The molecule has 1 aromatic heterocycles. The topological polar surface area (TPSA) is 85.3 Å². The average Bonchev–Trinajstić information content (AvgIpc) is 3.10. The van der Waals surface area contributed by atoms with Crippen molar-refractivity contribution in [3.8, 4) is 11.4 Å². The summed E-state index contributed by atoms with van der Waals surface area (Å²) in [6.07, 6.45) is 0.860. The highest BCUT2D eigenvalue weighted by atomic mass is 16.5. The van der Waals surface area contributed by atoms with Crippen LogP contribution in [0.5, 0.6) is 0 Å². The second-order valence-electron chi connectivity index (χ2n) is 6.60. The van der Waals surface area contributed by atoms with Gasteiger partial charge in [-0.15, -0.1) is 0 Å². The molecule has 1 aliphatic heterocycles. The van der Waals surface area contributed by atoms with Crippen molar-refractivity contribution in [2.24, 2.45) is 5.73 Å². The number of hydrogen-bond donors (Lipinski definition) is 1. The molecule has 1 atom stereocenters. The van der Waals surface area contributed by atoms with Crippen LogP contribution in [0, 0.1) is 6.92 Å². The Morgan fingerprint density at radius 3 is 2.77 bits per heavy atom. The van der Waals surface area contributed by atoms with Crippen molar-refractivity contribution >= 4 is 5.91 Å². The van der Waals surface area contributed by atoms with Crippen molar-refractivity contribution in [1.82, 2.24) is 15.0 Å². The quantitative estimate of drug-likeness (QED) is 0.783. The van der Waals surface area contributed by atoms with Gasteiger partial charge in [0.1, 0.15) is 6.04 Å². The molecule has 0 saturated carbocycles. The van der Waals surface area contributed by atoms with E-state index in [1.807, 2.05) is 60.4 Å². The van der Waals surface area contributed by atoms with Crippen LogP contribution in [-0.2, 0) is 17.8 Å². The molecule has 2 N–H and O–H groups in total. The Morgan fingerprint density at radius 2 is 2.00 bits per heavy atom. The van der Waals surface area contributed by atoms with E-state index in [9.17, 15) is 4.79 Å². The summed E-state index contributed by atoms with van der Waals surface area (Å²) >= 11 is 0. The van der Waals surface area contributed by atoms with E-state index in [1.54, 1.807) is 0 Å². The highest BCUT2D eigenvalue weighted by molar-refractivity contribution is 5.82. The number of aryl methyl sites for hydroxylation is 1. The molecule has 1 aliphatic rings. The Morgan fingerprint density at radius 1 is 1.23 bits per heavy atom. The number of benzene rings is 2. The Hall–Kier alpha value is -2.99. The van der Waals surface area contributed by atoms with Gasteiger partial charge in [-0.05, 0) is 24.5 Å². The van der Waals surface area contributed by atoms with Crippen molar-refractivity contribution in [1.29, 1.82) is 0 Å². The van der Waals surface area contributed by atoms with Crippen LogP contribution in [0.2, 0.25) is 0 Å². The molecule has 1 amide bonds. The molecule has 0 bridgehead atoms. The highest BCUT2D eigenvalue weighted by Crippen LogP contribution is 2.30. The largest absolute Gasteiger partial charge is 0.368 e.